The van der Waals surface area contributed by atoms with E-state index in [0.717, 1.165) is 94.0 Å². The quantitative estimate of drug-likeness (QED) is 0.166. The van der Waals surface area contributed by atoms with Crippen molar-refractivity contribution in [2.24, 2.45) is 0 Å². The van der Waals surface area contributed by atoms with Gasteiger partial charge in [-0.25, -0.2) is 15.0 Å². The number of aromatic nitrogens is 4. The van der Waals surface area contributed by atoms with Crippen LogP contribution in [0.15, 0.2) is 227 Å². The molecule has 15 aromatic rings. The van der Waals surface area contributed by atoms with Gasteiger partial charge in [0.15, 0.2) is 17.5 Å². The molecule has 0 amide bonds. The van der Waals surface area contributed by atoms with E-state index in [4.69, 9.17) is 23.8 Å². The molecular formula is C63H36N4O2S. The van der Waals surface area contributed by atoms with E-state index in [0.29, 0.717) is 17.5 Å². The van der Waals surface area contributed by atoms with Gasteiger partial charge < -0.3 is 13.4 Å². The summed E-state index contributed by atoms with van der Waals surface area (Å²) < 4.78 is 18.4. The second-order valence-corrected chi connectivity index (χ2v) is 18.9. The summed E-state index contributed by atoms with van der Waals surface area (Å²) in [5, 5.41) is 9.09. The first-order valence-electron chi connectivity index (χ1n) is 23.4. The average Bonchev–Trinajstić information content (AvgIpc) is 4.20. The molecule has 0 fully saturated rings. The Morgan fingerprint density at radius 2 is 1.01 bits per heavy atom. The smallest absolute Gasteiger partial charge is 0.164 e. The third-order valence-electron chi connectivity index (χ3n) is 13.9. The number of furan rings is 2. The fraction of sp³-hybridized carbons (Fsp3) is 0. The highest BCUT2D eigenvalue weighted by Crippen LogP contribution is 2.47. The number of hydrogen-bond donors (Lipinski definition) is 0. The summed E-state index contributed by atoms with van der Waals surface area (Å²) in [4.78, 5) is 15.6. The van der Waals surface area contributed by atoms with E-state index < -0.39 is 0 Å². The summed E-state index contributed by atoms with van der Waals surface area (Å²) in [5.41, 5.74) is 13.6. The van der Waals surface area contributed by atoms with Crippen LogP contribution in [0.3, 0.4) is 0 Å². The minimum Gasteiger partial charge on any atom is -0.456 e. The van der Waals surface area contributed by atoms with E-state index in [1.165, 1.54) is 36.5 Å². The number of fused-ring (bicyclic) bond motifs is 13. The molecular weight excluding hydrogens is 877 g/mol. The van der Waals surface area contributed by atoms with Crippen LogP contribution in [0.1, 0.15) is 0 Å². The molecule has 326 valence electrons. The molecule has 0 radical (unpaired) electrons. The lowest BCUT2D eigenvalue weighted by Crippen LogP contribution is -2.00. The van der Waals surface area contributed by atoms with Gasteiger partial charge in [-0.05, 0) is 71.8 Å². The average molecular weight is 913 g/mol. The van der Waals surface area contributed by atoms with Gasteiger partial charge >= 0.3 is 0 Å². The largest absolute Gasteiger partial charge is 0.456 e. The maximum Gasteiger partial charge on any atom is 0.164 e. The minimum atomic E-state index is 0.549. The Kier molecular flexibility index (Phi) is 8.43. The third kappa shape index (κ3) is 5.89. The molecule has 0 atom stereocenters. The van der Waals surface area contributed by atoms with Gasteiger partial charge in [0.05, 0.1) is 11.0 Å². The van der Waals surface area contributed by atoms with Gasteiger partial charge in [0.1, 0.15) is 22.3 Å². The lowest BCUT2D eigenvalue weighted by atomic mass is 9.98. The van der Waals surface area contributed by atoms with E-state index in [-0.39, 0.29) is 0 Å². The van der Waals surface area contributed by atoms with Crippen molar-refractivity contribution in [3.8, 4) is 62.1 Å². The van der Waals surface area contributed by atoms with Crippen molar-refractivity contribution in [3.63, 3.8) is 0 Å². The maximum absolute atomic E-state index is 6.70. The fourth-order valence-corrected chi connectivity index (χ4v) is 11.9. The molecule has 10 aromatic carbocycles. The first-order chi connectivity index (χ1) is 34.7. The zero-order valence-electron chi connectivity index (χ0n) is 37.3. The van der Waals surface area contributed by atoms with Crippen molar-refractivity contribution in [3.05, 3.63) is 218 Å². The van der Waals surface area contributed by atoms with Crippen molar-refractivity contribution in [2.45, 2.75) is 0 Å². The van der Waals surface area contributed by atoms with Crippen LogP contribution in [0.25, 0.3) is 148 Å². The normalized spacial score (nSPS) is 12.0. The predicted molar refractivity (Wildman–Crippen MR) is 289 cm³/mol. The summed E-state index contributed by atoms with van der Waals surface area (Å²) in [7, 11) is 0. The standard InChI is InChI=1S/C63H36N4O2S/c1-4-15-37(16-5-1)43-23-13-24-45-44-31-29-40(36-53(44)69-60(43)45)62-64-61(38-17-6-2-7-18-38)65-63(66-62)48-26-14-27-52-56(48)49-35-39(30-33-51(49)68-52)42-22-12-25-47-57-50(67(59(42)47)41-19-8-3-9-20-41)32-34-55-58(57)46-21-10-11-28-54(46)70-55/h1-36H. The van der Waals surface area contributed by atoms with E-state index >= 15 is 0 Å². The van der Waals surface area contributed by atoms with Crippen LogP contribution in [0, 0.1) is 0 Å². The van der Waals surface area contributed by atoms with Crippen molar-refractivity contribution >= 4 is 97.2 Å². The van der Waals surface area contributed by atoms with Crippen LogP contribution in [-0.4, -0.2) is 19.5 Å². The molecule has 6 nitrogen and oxygen atoms in total. The molecule has 0 saturated carbocycles. The molecule has 0 bridgehead atoms. The summed E-state index contributed by atoms with van der Waals surface area (Å²) in [6.45, 7) is 0. The molecule has 15 rings (SSSR count). The SMILES string of the molecule is c1ccc(-c2nc(-c3ccc4c(c3)oc3c(-c5ccccc5)cccc34)nc(-c3cccc4oc5ccc(-c6cccc7c8c9c(ccc8n(-c8ccccc8)c67)sc6ccccc69)cc5c34)n2)cc1. The Morgan fingerprint density at radius 1 is 0.343 bits per heavy atom. The van der Waals surface area contributed by atoms with Gasteiger partial charge in [-0.3, -0.25) is 0 Å². The number of thiophene rings is 1. The van der Waals surface area contributed by atoms with Crippen LogP contribution in [0.5, 0.6) is 0 Å². The van der Waals surface area contributed by atoms with Gasteiger partial charge in [0.2, 0.25) is 0 Å². The first-order valence-corrected chi connectivity index (χ1v) is 24.2. The molecule has 0 aliphatic rings. The van der Waals surface area contributed by atoms with E-state index in [1.807, 2.05) is 59.9 Å². The lowest BCUT2D eigenvalue weighted by molar-refractivity contribution is 0.669. The third-order valence-corrected chi connectivity index (χ3v) is 15.0. The summed E-state index contributed by atoms with van der Waals surface area (Å²) in [5.74, 6) is 1.68. The molecule has 0 aliphatic carbocycles. The topological polar surface area (TPSA) is 69.9 Å². The highest BCUT2D eigenvalue weighted by molar-refractivity contribution is 7.26. The number of rotatable bonds is 6. The number of hydrogen-bond acceptors (Lipinski definition) is 6. The van der Waals surface area contributed by atoms with Gasteiger partial charge in [-0.1, -0.05) is 158 Å². The molecule has 0 aliphatic heterocycles. The van der Waals surface area contributed by atoms with Crippen LogP contribution in [0.4, 0.5) is 0 Å². The first kappa shape index (κ1) is 38.9. The van der Waals surface area contributed by atoms with E-state index in [2.05, 4.69) is 174 Å². The van der Waals surface area contributed by atoms with Crippen LogP contribution < -0.4 is 0 Å². The predicted octanol–water partition coefficient (Wildman–Crippen LogP) is 17.5. The zero-order chi connectivity index (χ0) is 45.9. The molecule has 5 heterocycles. The molecule has 70 heavy (non-hydrogen) atoms. The second-order valence-electron chi connectivity index (χ2n) is 17.8. The Balaban J connectivity index is 0.935. The van der Waals surface area contributed by atoms with E-state index in [1.54, 1.807) is 0 Å². The molecule has 0 saturated heterocycles. The van der Waals surface area contributed by atoms with Crippen molar-refractivity contribution in [2.75, 3.05) is 0 Å². The van der Waals surface area contributed by atoms with Gasteiger partial charge in [-0.15, -0.1) is 11.3 Å². The molecule has 0 unspecified atom stereocenters. The minimum absolute atomic E-state index is 0.549. The number of nitrogens with zero attached hydrogens (tertiary/aromatic N) is 4. The second kappa shape index (κ2) is 15.2. The van der Waals surface area contributed by atoms with Gasteiger partial charge in [-0.2, -0.15) is 0 Å². The van der Waals surface area contributed by atoms with Crippen LogP contribution in [-0.2, 0) is 0 Å². The molecule has 5 aromatic heterocycles. The summed E-state index contributed by atoms with van der Waals surface area (Å²) in [6, 6.07) is 76.6. The zero-order valence-corrected chi connectivity index (χ0v) is 38.1. The van der Waals surface area contributed by atoms with Crippen LogP contribution in [0.2, 0.25) is 0 Å². The Bertz CT molecular complexity index is 4590. The monoisotopic (exact) mass is 912 g/mol. The number of para-hydroxylation sites is 3. The Labute approximate surface area is 404 Å². The molecule has 0 spiro atoms. The summed E-state index contributed by atoms with van der Waals surface area (Å²) in [6.07, 6.45) is 0. The highest BCUT2D eigenvalue weighted by atomic mass is 32.1. The van der Waals surface area contributed by atoms with Crippen molar-refractivity contribution in [1.82, 2.24) is 19.5 Å². The number of benzene rings is 10. The summed E-state index contributed by atoms with van der Waals surface area (Å²) >= 11 is 1.86. The van der Waals surface area contributed by atoms with E-state index in [9.17, 15) is 0 Å². The van der Waals surface area contributed by atoms with Crippen LogP contribution >= 0.6 is 11.3 Å². The van der Waals surface area contributed by atoms with Crippen molar-refractivity contribution in [1.29, 1.82) is 0 Å². The molecule has 0 N–H and O–H groups in total. The lowest BCUT2D eigenvalue weighted by Gasteiger charge is -2.12. The highest BCUT2D eigenvalue weighted by Gasteiger charge is 2.23. The molecule has 7 heteroatoms. The van der Waals surface area contributed by atoms with Crippen molar-refractivity contribution < 1.29 is 8.83 Å². The Hall–Kier alpha value is -9.17. The van der Waals surface area contributed by atoms with Gasteiger partial charge in [0, 0.05) is 86.0 Å². The fourth-order valence-electron chi connectivity index (χ4n) is 10.8. The maximum atomic E-state index is 6.70. The Morgan fingerprint density at radius 3 is 1.86 bits per heavy atom. The van der Waals surface area contributed by atoms with Gasteiger partial charge in [0.25, 0.3) is 0 Å².